The molecule has 114 valence electrons. The standard InChI is InChI=1S/C15H26N2O3/c1-6-13(18)17-9-7-12(8-10-17)11(2)16-14(19)20-15(3,4)5/h6,11-12H,1,7-10H2,2-5H3,(H,16,19)/t11-/m0/s1. The van der Waals surface area contributed by atoms with Crippen molar-refractivity contribution in [2.24, 2.45) is 5.92 Å². The van der Waals surface area contributed by atoms with Crippen molar-refractivity contribution in [3.63, 3.8) is 0 Å². The van der Waals surface area contributed by atoms with Crippen molar-refractivity contribution in [3.05, 3.63) is 12.7 Å². The Balaban J connectivity index is 2.39. The van der Waals surface area contributed by atoms with Gasteiger partial charge in [-0.05, 0) is 52.5 Å². The number of nitrogens with zero attached hydrogens (tertiary/aromatic N) is 1. The summed E-state index contributed by atoms with van der Waals surface area (Å²) in [6.07, 6.45) is 2.74. The molecule has 1 saturated heterocycles. The van der Waals surface area contributed by atoms with E-state index in [1.807, 2.05) is 27.7 Å². The molecule has 20 heavy (non-hydrogen) atoms. The summed E-state index contributed by atoms with van der Waals surface area (Å²) in [5, 5.41) is 2.88. The van der Waals surface area contributed by atoms with Crippen LogP contribution in [0.4, 0.5) is 4.79 Å². The molecule has 1 aliphatic rings. The van der Waals surface area contributed by atoms with Crippen molar-refractivity contribution >= 4 is 12.0 Å². The van der Waals surface area contributed by atoms with Crippen LogP contribution in [0.25, 0.3) is 0 Å². The van der Waals surface area contributed by atoms with Crippen molar-refractivity contribution < 1.29 is 14.3 Å². The number of rotatable bonds is 3. The van der Waals surface area contributed by atoms with E-state index in [4.69, 9.17) is 4.74 Å². The normalized spacial score (nSPS) is 18.3. The molecular formula is C15H26N2O3. The second kappa shape index (κ2) is 6.77. The van der Waals surface area contributed by atoms with Gasteiger partial charge in [0.1, 0.15) is 5.60 Å². The van der Waals surface area contributed by atoms with Crippen molar-refractivity contribution in [2.45, 2.75) is 52.2 Å². The van der Waals surface area contributed by atoms with Crippen LogP contribution in [0.15, 0.2) is 12.7 Å². The van der Waals surface area contributed by atoms with E-state index in [1.54, 1.807) is 4.90 Å². The number of amides is 2. The van der Waals surface area contributed by atoms with E-state index >= 15 is 0 Å². The van der Waals surface area contributed by atoms with Crippen molar-refractivity contribution in [1.82, 2.24) is 10.2 Å². The summed E-state index contributed by atoms with van der Waals surface area (Å²) in [5.41, 5.74) is -0.483. The fourth-order valence-corrected chi connectivity index (χ4v) is 2.36. The SMILES string of the molecule is C=CC(=O)N1CCC([C@H](C)NC(=O)OC(C)(C)C)CC1. The van der Waals surface area contributed by atoms with Gasteiger partial charge in [0.15, 0.2) is 0 Å². The summed E-state index contributed by atoms with van der Waals surface area (Å²) in [5.74, 6) is 0.354. The molecule has 0 aliphatic carbocycles. The predicted octanol–water partition coefficient (Wildman–Crippen LogP) is 2.32. The van der Waals surface area contributed by atoms with E-state index in [1.165, 1.54) is 6.08 Å². The highest BCUT2D eigenvalue weighted by Crippen LogP contribution is 2.21. The molecule has 1 heterocycles. The van der Waals surface area contributed by atoms with Crippen molar-refractivity contribution in [2.75, 3.05) is 13.1 Å². The Morgan fingerprint density at radius 1 is 1.35 bits per heavy atom. The first-order valence-electron chi connectivity index (χ1n) is 7.14. The second-order valence-corrected chi connectivity index (χ2v) is 6.30. The van der Waals surface area contributed by atoms with Gasteiger partial charge in [0.05, 0.1) is 0 Å². The minimum atomic E-state index is -0.483. The van der Waals surface area contributed by atoms with E-state index in [0.717, 1.165) is 25.9 Å². The third kappa shape index (κ3) is 5.23. The molecular weight excluding hydrogens is 256 g/mol. The van der Waals surface area contributed by atoms with E-state index in [9.17, 15) is 9.59 Å². The lowest BCUT2D eigenvalue weighted by atomic mass is 9.90. The largest absolute Gasteiger partial charge is 0.444 e. The Morgan fingerprint density at radius 2 is 1.90 bits per heavy atom. The lowest BCUT2D eigenvalue weighted by Crippen LogP contribution is -2.46. The quantitative estimate of drug-likeness (QED) is 0.808. The molecule has 1 atom stereocenters. The summed E-state index contributed by atoms with van der Waals surface area (Å²) in [6.45, 7) is 12.5. The Labute approximate surface area is 121 Å². The molecule has 0 aromatic carbocycles. The van der Waals surface area contributed by atoms with Crippen molar-refractivity contribution in [3.8, 4) is 0 Å². The van der Waals surface area contributed by atoms with Gasteiger partial charge in [-0.15, -0.1) is 0 Å². The Hall–Kier alpha value is -1.52. The molecule has 5 heteroatoms. The number of nitrogens with one attached hydrogen (secondary N) is 1. The molecule has 0 bridgehead atoms. The van der Waals surface area contributed by atoms with Crippen LogP contribution in [0.2, 0.25) is 0 Å². The Bertz CT molecular complexity index is 366. The molecule has 1 aliphatic heterocycles. The van der Waals surface area contributed by atoms with E-state index in [0.29, 0.717) is 5.92 Å². The summed E-state index contributed by atoms with van der Waals surface area (Å²) < 4.78 is 5.25. The maximum Gasteiger partial charge on any atom is 0.407 e. The van der Waals surface area contributed by atoms with E-state index in [-0.39, 0.29) is 18.0 Å². The van der Waals surface area contributed by atoms with Crippen LogP contribution < -0.4 is 5.32 Å². The van der Waals surface area contributed by atoms with Gasteiger partial charge in [-0.1, -0.05) is 6.58 Å². The van der Waals surface area contributed by atoms with Crippen LogP contribution in [0.5, 0.6) is 0 Å². The first-order chi connectivity index (χ1) is 9.23. The molecule has 0 radical (unpaired) electrons. The molecule has 0 aromatic rings. The van der Waals surface area contributed by atoms with E-state index in [2.05, 4.69) is 11.9 Å². The molecule has 1 N–H and O–H groups in total. The maximum atomic E-state index is 11.7. The van der Waals surface area contributed by atoms with Crippen LogP contribution in [-0.2, 0) is 9.53 Å². The predicted molar refractivity (Wildman–Crippen MR) is 78.3 cm³/mol. The van der Waals surface area contributed by atoms with Gasteiger partial charge in [-0.3, -0.25) is 4.79 Å². The molecule has 1 fully saturated rings. The number of alkyl carbamates (subject to hydrolysis) is 1. The van der Waals surface area contributed by atoms with Crippen LogP contribution in [-0.4, -0.2) is 41.6 Å². The molecule has 5 nitrogen and oxygen atoms in total. The number of likely N-dealkylation sites (tertiary alicyclic amines) is 1. The summed E-state index contributed by atoms with van der Waals surface area (Å²) in [6, 6.07) is 0.0471. The fourth-order valence-electron chi connectivity index (χ4n) is 2.36. The summed E-state index contributed by atoms with van der Waals surface area (Å²) >= 11 is 0. The molecule has 0 spiro atoms. The van der Waals surface area contributed by atoms with Crippen LogP contribution in [0.3, 0.4) is 0 Å². The number of piperidine rings is 1. The van der Waals surface area contributed by atoms with Crippen LogP contribution >= 0.6 is 0 Å². The first-order valence-corrected chi connectivity index (χ1v) is 7.14. The number of ether oxygens (including phenoxy) is 1. The highest BCUT2D eigenvalue weighted by molar-refractivity contribution is 5.87. The number of carbonyl (C=O) groups is 2. The number of hydrogen-bond acceptors (Lipinski definition) is 3. The Morgan fingerprint density at radius 3 is 2.35 bits per heavy atom. The lowest BCUT2D eigenvalue weighted by molar-refractivity contribution is -0.127. The van der Waals surface area contributed by atoms with Crippen molar-refractivity contribution in [1.29, 1.82) is 0 Å². The van der Waals surface area contributed by atoms with Gasteiger partial charge in [0, 0.05) is 19.1 Å². The maximum absolute atomic E-state index is 11.7. The molecule has 0 saturated carbocycles. The average Bonchev–Trinajstić information content (AvgIpc) is 2.35. The van der Waals surface area contributed by atoms with Gasteiger partial charge < -0.3 is 15.0 Å². The zero-order valence-corrected chi connectivity index (χ0v) is 12.9. The Kier molecular flexibility index (Phi) is 5.60. The van der Waals surface area contributed by atoms with Gasteiger partial charge in [-0.25, -0.2) is 4.79 Å². The molecule has 0 unspecified atom stereocenters. The number of carbonyl (C=O) groups excluding carboxylic acids is 2. The van der Waals surface area contributed by atoms with E-state index < -0.39 is 5.60 Å². The summed E-state index contributed by atoms with van der Waals surface area (Å²) in [7, 11) is 0. The highest BCUT2D eigenvalue weighted by atomic mass is 16.6. The van der Waals surface area contributed by atoms with Gasteiger partial charge in [0.25, 0.3) is 0 Å². The average molecular weight is 282 g/mol. The zero-order valence-electron chi connectivity index (χ0n) is 12.9. The minimum absolute atomic E-state index is 0.0174. The smallest absolute Gasteiger partial charge is 0.407 e. The zero-order chi connectivity index (χ0) is 15.3. The summed E-state index contributed by atoms with van der Waals surface area (Å²) in [4.78, 5) is 25.0. The van der Waals surface area contributed by atoms with Gasteiger partial charge in [0.2, 0.25) is 5.91 Å². The van der Waals surface area contributed by atoms with Crippen LogP contribution in [0.1, 0.15) is 40.5 Å². The van der Waals surface area contributed by atoms with Gasteiger partial charge in [-0.2, -0.15) is 0 Å². The molecule has 0 aromatic heterocycles. The highest BCUT2D eigenvalue weighted by Gasteiger charge is 2.27. The topological polar surface area (TPSA) is 58.6 Å². The second-order valence-electron chi connectivity index (χ2n) is 6.30. The minimum Gasteiger partial charge on any atom is -0.444 e. The van der Waals surface area contributed by atoms with Gasteiger partial charge >= 0.3 is 6.09 Å². The fraction of sp³-hybridized carbons (Fsp3) is 0.733. The van der Waals surface area contributed by atoms with Crippen LogP contribution in [0, 0.1) is 5.92 Å². The molecule has 2 amide bonds. The lowest BCUT2D eigenvalue weighted by Gasteiger charge is -2.34. The molecule has 1 rings (SSSR count). The number of hydrogen-bond donors (Lipinski definition) is 1. The third-order valence-corrected chi connectivity index (χ3v) is 3.48. The monoisotopic (exact) mass is 282 g/mol. The first kappa shape index (κ1) is 16.5. The third-order valence-electron chi connectivity index (χ3n) is 3.48.